The second-order valence-corrected chi connectivity index (χ2v) is 1.56. The minimum atomic E-state index is -5.62. The van der Waals surface area contributed by atoms with E-state index in [-0.39, 0.29) is 57.6 Å². The van der Waals surface area contributed by atoms with Gasteiger partial charge in [-0.25, -0.2) is 0 Å². The SMILES string of the molecule is [Co+2].[Li+].[Ni+2].[OH-].[O]=[Mn](=[O])([O-])[O-]. The van der Waals surface area contributed by atoms with E-state index in [9.17, 15) is 0 Å². The average molecular weight is 261 g/mol. The molecule has 1 radical (unpaired) electrons. The van der Waals surface area contributed by atoms with Crippen LogP contribution in [0.1, 0.15) is 0 Å². The van der Waals surface area contributed by atoms with Crippen molar-refractivity contribution in [3.05, 3.63) is 0 Å². The van der Waals surface area contributed by atoms with Crippen LogP contribution >= 0.6 is 0 Å². The van der Waals surface area contributed by atoms with Gasteiger partial charge in [-0.15, -0.1) is 0 Å². The molecule has 0 atom stereocenters. The van der Waals surface area contributed by atoms with Crippen LogP contribution in [0.4, 0.5) is 0 Å². The van der Waals surface area contributed by atoms with Crippen LogP contribution < -0.4 is 27.2 Å². The second kappa shape index (κ2) is 12.3. The molecular weight excluding hydrogens is 260 g/mol. The summed E-state index contributed by atoms with van der Waals surface area (Å²) in [6.07, 6.45) is 0. The fraction of sp³-hybridized carbons (Fsp3) is 0. The number of hydrogen-bond donors (Lipinski definition) is 0. The third-order valence-corrected chi connectivity index (χ3v) is 0. The van der Waals surface area contributed by atoms with Crippen LogP contribution in [-0.2, 0) is 54.3 Å². The third-order valence-electron chi connectivity index (χ3n) is 0. The Morgan fingerprint density at radius 3 is 1.11 bits per heavy atom. The minimum absolute atomic E-state index is 0. The van der Waals surface area contributed by atoms with Crippen LogP contribution in [0.5, 0.6) is 0 Å². The fourth-order valence-electron chi connectivity index (χ4n) is 0. The van der Waals surface area contributed by atoms with Crippen molar-refractivity contribution in [1.82, 2.24) is 0 Å². The average Bonchev–Trinajstić information content (AvgIpc) is 0.722. The van der Waals surface area contributed by atoms with Crippen molar-refractivity contribution in [2.24, 2.45) is 0 Å². The van der Waals surface area contributed by atoms with E-state index in [4.69, 9.17) is 16.0 Å². The van der Waals surface area contributed by atoms with Gasteiger partial charge in [0.25, 0.3) is 0 Å². The maximum absolute atomic E-state index is 8.58. The standard InChI is InChI=1S/Co.Li.Mn.Ni.H2O.4O/h;;;;1H2;;;;/q+2;+1;;+2;;;;2*-1/p-1. The van der Waals surface area contributed by atoms with E-state index in [0.29, 0.717) is 0 Å². The van der Waals surface area contributed by atoms with E-state index in [2.05, 4.69) is 0 Å². The van der Waals surface area contributed by atoms with Crippen molar-refractivity contribution < 1.29 is 87.0 Å². The Morgan fingerprint density at radius 2 is 1.11 bits per heavy atom. The Hall–Kier alpha value is 1.60. The van der Waals surface area contributed by atoms with E-state index in [1.165, 1.54) is 0 Å². The van der Waals surface area contributed by atoms with Crippen LogP contribution in [0, 0.1) is 0 Å². The van der Waals surface area contributed by atoms with Gasteiger partial charge < -0.3 is 5.48 Å². The van der Waals surface area contributed by atoms with Gasteiger partial charge in [0.1, 0.15) is 0 Å². The first-order valence-corrected chi connectivity index (χ1v) is 2.54. The van der Waals surface area contributed by atoms with Crippen LogP contribution in [0.15, 0.2) is 0 Å². The van der Waals surface area contributed by atoms with Crippen LogP contribution in [0.2, 0.25) is 0 Å². The van der Waals surface area contributed by atoms with Crippen LogP contribution in [0.25, 0.3) is 0 Å². The summed E-state index contributed by atoms with van der Waals surface area (Å²) in [4.78, 5) is 0. The second-order valence-electron chi connectivity index (χ2n) is 0.378. The fourth-order valence-corrected chi connectivity index (χ4v) is 0. The van der Waals surface area contributed by atoms with E-state index in [1.807, 2.05) is 0 Å². The summed E-state index contributed by atoms with van der Waals surface area (Å²) < 4.78 is 34.3. The van der Waals surface area contributed by atoms with Crippen LogP contribution in [-0.4, -0.2) is 5.48 Å². The van der Waals surface area contributed by atoms with E-state index < -0.39 is 13.4 Å². The molecule has 9 heavy (non-hydrogen) atoms. The first kappa shape index (κ1) is 31.2. The zero-order chi connectivity index (χ0) is 4.50. The van der Waals surface area contributed by atoms with Crippen molar-refractivity contribution in [2.45, 2.75) is 0 Å². The molecule has 0 aliphatic carbocycles. The molecule has 0 aliphatic heterocycles. The Bertz CT molecular complexity index is 100. The number of hydrogen-bond acceptors (Lipinski definition) is 5. The molecule has 0 aromatic heterocycles. The molecule has 0 fully saturated rings. The zero-order valence-electron chi connectivity index (χ0n) is 4.11. The predicted molar refractivity (Wildman–Crippen MR) is 3.31 cm³/mol. The Balaban J connectivity index is -0.0000000133. The Labute approximate surface area is 86.5 Å². The molecule has 0 amide bonds. The van der Waals surface area contributed by atoms with Gasteiger partial charge in [0, 0.05) is 0 Å². The normalized spacial score (nSPS) is 6.44. The summed E-state index contributed by atoms with van der Waals surface area (Å²) in [5, 5.41) is 0. The summed E-state index contributed by atoms with van der Waals surface area (Å²) in [7, 11) is 0. The van der Waals surface area contributed by atoms with Crippen molar-refractivity contribution in [3.63, 3.8) is 0 Å². The maximum atomic E-state index is 8.58. The van der Waals surface area contributed by atoms with Gasteiger partial charge in [-0.3, -0.25) is 0 Å². The van der Waals surface area contributed by atoms with Gasteiger partial charge in [-0.1, -0.05) is 0 Å². The molecule has 9 heteroatoms. The van der Waals surface area contributed by atoms with Gasteiger partial charge in [-0.05, 0) is 0 Å². The van der Waals surface area contributed by atoms with Gasteiger partial charge in [0.2, 0.25) is 0 Å². The van der Waals surface area contributed by atoms with Gasteiger partial charge in [0.15, 0.2) is 0 Å². The summed E-state index contributed by atoms with van der Waals surface area (Å²) in [6.45, 7) is 0. The molecule has 0 unspecified atom stereocenters. The molecule has 0 spiro atoms. The summed E-state index contributed by atoms with van der Waals surface area (Å²) >= 11 is -5.62. The Kier molecular flexibility index (Phi) is 42.5. The van der Waals surface area contributed by atoms with Crippen molar-refractivity contribution in [2.75, 3.05) is 0 Å². The molecule has 0 aromatic rings. The molecular formula is HCoLiMnNiO5+2. The third kappa shape index (κ3) is 217. The molecule has 0 saturated carbocycles. The molecule has 0 heterocycles. The van der Waals surface area contributed by atoms with Gasteiger partial charge in [-0.2, -0.15) is 0 Å². The topological polar surface area (TPSA) is 110 Å². The predicted octanol–water partition coefficient (Wildman–Crippen LogP) is -5.80. The van der Waals surface area contributed by atoms with Crippen molar-refractivity contribution in [3.8, 4) is 0 Å². The molecule has 0 rings (SSSR count). The van der Waals surface area contributed by atoms with E-state index in [0.717, 1.165) is 0 Å². The van der Waals surface area contributed by atoms with Crippen LogP contribution in [0.3, 0.4) is 0 Å². The molecule has 56 valence electrons. The van der Waals surface area contributed by atoms with Crippen molar-refractivity contribution in [1.29, 1.82) is 0 Å². The molecule has 0 aliphatic rings. The quantitative estimate of drug-likeness (QED) is 0.403. The Morgan fingerprint density at radius 1 is 1.11 bits per heavy atom. The number of rotatable bonds is 0. The molecule has 1 N–H and O–H groups in total. The van der Waals surface area contributed by atoms with Gasteiger partial charge >= 0.3 is 81.5 Å². The first-order valence-electron chi connectivity index (χ1n) is 0.617. The first-order chi connectivity index (χ1) is 2.00. The summed E-state index contributed by atoms with van der Waals surface area (Å²) in [6, 6.07) is 0. The van der Waals surface area contributed by atoms with Gasteiger partial charge in [0.05, 0.1) is 0 Å². The molecule has 0 aromatic carbocycles. The van der Waals surface area contributed by atoms with E-state index in [1.54, 1.807) is 0 Å². The molecule has 5 nitrogen and oxygen atoms in total. The van der Waals surface area contributed by atoms with Crippen molar-refractivity contribution >= 4 is 0 Å². The zero-order valence-corrected chi connectivity index (χ0v) is 7.32. The molecule has 0 bridgehead atoms. The monoisotopic (exact) mass is 260 g/mol. The van der Waals surface area contributed by atoms with E-state index >= 15 is 0 Å². The summed E-state index contributed by atoms with van der Waals surface area (Å²) in [5.74, 6) is 0. The summed E-state index contributed by atoms with van der Waals surface area (Å²) in [5.41, 5.74) is 0. The molecule has 0 saturated heterocycles.